The second-order valence-electron chi connectivity index (χ2n) is 7.45. The Kier molecular flexibility index (Phi) is 5.40. The fourth-order valence-corrected chi connectivity index (χ4v) is 3.56. The van der Waals surface area contributed by atoms with Crippen molar-refractivity contribution in [2.24, 2.45) is 0 Å². The molecule has 0 saturated heterocycles. The molecule has 1 amide bonds. The molecule has 2 heterocycles. The first-order valence-electron chi connectivity index (χ1n) is 10.6. The van der Waals surface area contributed by atoms with Gasteiger partial charge in [0.15, 0.2) is 17.3 Å². The molecule has 1 N–H and O–H groups in total. The van der Waals surface area contributed by atoms with Crippen molar-refractivity contribution >= 4 is 11.6 Å². The van der Waals surface area contributed by atoms with Gasteiger partial charge in [-0.05, 0) is 66.6 Å². The Balaban J connectivity index is 1.40. The molecule has 1 aliphatic rings. The number of carbonyl (C=O) groups excluding carboxylic acids is 1. The number of aromatic nitrogens is 3. The van der Waals surface area contributed by atoms with E-state index in [0.29, 0.717) is 28.6 Å². The largest absolute Gasteiger partial charge is 0.466 e. The van der Waals surface area contributed by atoms with E-state index in [0.717, 1.165) is 17.7 Å². The summed E-state index contributed by atoms with van der Waals surface area (Å²) in [7, 11) is 1.52. The fourth-order valence-electron chi connectivity index (χ4n) is 3.56. The molecule has 0 bridgehead atoms. The van der Waals surface area contributed by atoms with Crippen LogP contribution in [-0.2, 0) is 6.42 Å². The van der Waals surface area contributed by atoms with E-state index in [-0.39, 0.29) is 18.7 Å². The lowest BCUT2D eigenvalue weighted by molar-refractivity contribution is 0.102. The molecule has 0 atom stereocenters. The molecule has 0 radical (unpaired) electrons. The molecule has 0 unspecified atom stereocenters. The minimum absolute atomic E-state index is 0.158. The monoisotopic (exact) mass is 442 g/mol. The van der Waals surface area contributed by atoms with Crippen LogP contribution in [0, 0.1) is 0 Å². The van der Waals surface area contributed by atoms with E-state index >= 15 is 0 Å². The minimum Gasteiger partial charge on any atom is -0.466 e. The number of nitrogens with one attached hydrogen (secondary N) is 1. The Bertz CT molecular complexity index is 1300. The van der Waals surface area contributed by atoms with Gasteiger partial charge >= 0.3 is 6.01 Å². The summed E-state index contributed by atoms with van der Waals surface area (Å²) < 4.78 is 17.8. The second-order valence-corrected chi connectivity index (χ2v) is 7.45. The number of rotatable bonds is 6. The van der Waals surface area contributed by atoms with Crippen molar-refractivity contribution in [3.8, 4) is 34.6 Å². The van der Waals surface area contributed by atoms with Crippen molar-refractivity contribution in [2.75, 3.05) is 19.2 Å². The third kappa shape index (κ3) is 4.10. The van der Waals surface area contributed by atoms with Crippen LogP contribution in [0.3, 0.4) is 0 Å². The summed E-state index contributed by atoms with van der Waals surface area (Å²) >= 11 is 0. The van der Waals surface area contributed by atoms with Gasteiger partial charge in [-0.15, -0.1) is 5.10 Å². The Hall–Kier alpha value is -4.33. The number of hydrogen-bond donors (Lipinski definition) is 1. The van der Waals surface area contributed by atoms with Crippen LogP contribution in [0.1, 0.15) is 22.8 Å². The third-order valence-electron chi connectivity index (χ3n) is 5.40. The Labute approximate surface area is 190 Å². The Morgan fingerprint density at radius 1 is 1.03 bits per heavy atom. The highest BCUT2D eigenvalue weighted by Crippen LogP contribution is 2.36. The number of methoxy groups -OCH3 is 1. The van der Waals surface area contributed by atoms with Gasteiger partial charge in [-0.25, -0.2) is 4.68 Å². The summed E-state index contributed by atoms with van der Waals surface area (Å²) in [5, 5.41) is 7.37. The van der Waals surface area contributed by atoms with Crippen LogP contribution in [0.5, 0.6) is 17.5 Å². The first-order chi connectivity index (χ1) is 16.1. The third-order valence-corrected chi connectivity index (χ3v) is 5.40. The second kappa shape index (κ2) is 8.66. The molecule has 1 aromatic heterocycles. The number of benzene rings is 3. The maximum Gasteiger partial charge on any atom is 0.336 e. The fraction of sp³-hybridized carbons (Fsp3) is 0.160. The zero-order valence-corrected chi connectivity index (χ0v) is 18.2. The summed E-state index contributed by atoms with van der Waals surface area (Å²) in [5.74, 6) is 1.79. The van der Waals surface area contributed by atoms with Crippen molar-refractivity contribution in [3.05, 3.63) is 77.9 Å². The van der Waals surface area contributed by atoms with Crippen molar-refractivity contribution in [2.45, 2.75) is 13.3 Å². The van der Waals surface area contributed by atoms with Gasteiger partial charge in [0.25, 0.3) is 5.91 Å². The van der Waals surface area contributed by atoms with Crippen LogP contribution in [0.25, 0.3) is 17.1 Å². The average molecular weight is 442 g/mol. The zero-order chi connectivity index (χ0) is 22.8. The van der Waals surface area contributed by atoms with Crippen LogP contribution in [0.4, 0.5) is 5.69 Å². The number of aryl methyl sites for hydroxylation is 1. The van der Waals surface area contributed by atoms with Gasteiger partial charge in [0.05, 0.1) is 12.8 Å². The molecule has 33 heavy (non-hydrogen) atoms. The molecule has 0 saturated carbocycles. The van der Waals surface area contributed by atoms with Gasteiger partial charge < -0.3 is 19.5 Å². The molecule has 1 aliphatic heterocycles. The van der Waals surface area contributed by atoms with Crippen LogP contribution in [0.2, 0.25) is 0 Å². The molecule has 5 rings (SSSR count). The molecule has 0 aliphatic carbocycles. The van der Waals surface area contributed by atoms with E-state index in [1.165, 1.54) is 12.7 Å². The van der Waals surface area contributed by atoms with Gasteiger partial charge in [0.1, 0.15) is 0 Å². The smallest absolute Gasteiger partial charge is 0.336 e. The lowest BCUT2D eigenvalue weighted by atomic mass is 10.1. The number of amides is 1. The van der Waals surface area contributed by atoms with E-state index in [9.17, 15) is 4.79 Å². The lowest BCUT2D eigenvalue weighted by Gasteiger charge is -2.09. The summed E-state index contributed by atoms with van der Waals surface area (Å²) in [6.45, 7) is 2.28. The van der Waals surface area contributed by atoms with E-state index in [1.54, 1.807) is 4.68 Å². The van der Waals surface area contributed by atoms with E-state index in [4.69, 9.17) is 14.2 Å². The standard InChI is InChI=1S/C25H22N4O4/c1-3-16-4-6-17(7-5-16)24(30)26-19-9-11-20(12-10-19)29-23(27-25(28-29)31-2)18-8-13-21-22(14-18)33-15-32-21/h4-14H,3,15H2,1-2H3,(H,26,30). The van der Waals surface area contributed by atoms with Crippen molar-refractivity contribution < 1.29 is 19.0 Å². The van der Waals surface area contributed by atoms with Gasteiger partial charge in [0, 0.05) is 16.8 Å². The summed E-state index contributed by atoms with van der Waals surface area (Å²) in [6, 6.07) is 20.8. The van der Waals surface area contributed by atoms with Crippen molar-refractivity contribution in [3.63, 3.8) is 0 Å². The van der Waals surface area contributed by atoms with E-state index < -0.39 is 0 Å². The molecular formula is C25H22N4O4. The van der Waals surface area contributed by atoms with Crippen molar-refractivity contribution in [1.29, 1.82) is 0 Å². The van der Waals surface area contributed by atoms with Crippen LogP contribution < -0.4 is 19.5 Å². The number of carbonyl (C=O) groups is 1. The van der Waals surface area contributed by atoms with Gasteiger partial charge in [-0.1, -0.05) is 19.1 Å². The zero-order valence-electron chi connectivity index (χ0n) is 18.2. The highest BCUT2D eigenvalue weighted by atomic mass is 16.7. The molecule has 166 valence electrons. The SMILES string of the molecule is CCc1ccc(C(=O)Nc2ccc(-n3nc(OC)nc3-c3ccc4c(c3)OCO4)cc2)cc1. The first-order valence-corrected chi connectivity index (χ1v) is 10.6. The molecule has 0 spiro atoms. The quantitative estimate of drug-likeness (QED) is 0.474. The highest BCUT2D eigenvalue weighted by Gasteiger charge is 2.19. The van der Waals surface area contributed by atoms with Crippen LogP contribution >= 0.6 is 0 Å². The average Bonchev–Trinajstić information content (AvgIpc) is 3.51. The highest BCUT2D eigenvalue weighted by molar-refractivity contribution is 6.04. The summed E-state index contributed by atoms with van der Waals surface area (Å²) in [6.07, 6.45) is 0.935. The number of nitrogens with zero attached hydrogens (tertiary/aromatic N) is 3. The molecule has 8 heteroatoms. The molecule has 0 fully saturated rings. The topological polar surface area (TPSA) is 87.5 Å². The summed E-state index contributed by atoms with van der Waals surface area (Å²) in [4.78, 5) is 17.1. The maximum atomic E-state index is 12.6. The molecule has 3 aromatic carbocycles. The predicted octanol–water partition coefficient (Wildman–Crippen LogP) is 4.49. The van der Waals surface area contributed by atoms with E-state index in [2.05, 4.69) is 22.3 Å². The number of ether oxygens (including phenoxy) is 3. The number of anilines is 1. The van der Waals surface area contributed by atoms with Gasteiger partial charge in [-0.3, -0.25) is 4.79 Å². The number of fused-ring (bicyclic) bond motifs is 1. The normalized spacial score (nSPS) is 11.9. The lowest BCUT2D eigenvalue weighted by Crippen LogP contribution is -2.12. The maximum absolute atomic E-state index is 12.6. The summed E-state index contributed by atoms with van der Waals surface area (Å²) in [5.41, 5.74) is 4.06. The Morgan fingerprint density at radius 3 is 2.52 bits per heavy atom. The van der Waals surface area contributed by atoms with Crippen molar-refractivity contribution in [1.82, 2.24) is 14.8 Å². The molecule has 8 nitrogen and oxygen atoms in total. The van der Waals surface area contributed by atoms with Gasteiger partial charge in [-0.2, -0.15) is 4.98 Å². The van der Waals surface area contributed by atoms with Gasteiger partial charge in [0.2, 0.25) is 6.79 Å². The number of hydrogen-bond acceptors (Lipinski definition) is 6. The first kappa shape index (κ1) is 20.6. The Morgan fingerprint density at radius 2 is 1.79 bits per heavy atom. The minimum atomic E-state index is -0.158. The van der Waals surface area contributed by atoms with Crippen LogP contribution in [0.15, 0.2) is 66.7 Å². The predicted molar refractivity (Wildman–Crippen MR) is 123 cm³/mol. The molecule has 4 aromatic rings. The van der Waals surface area contributed by atoms with Crippen LogP contribution in [-0.4, -0.2) is 34.6 Å². The molecular weight excluding hydrogens is 420 g/mol. The van der Waals surface area contributed by atoms with E-state index in [1.807, 2.05) is 66.7 Å².